The summed E-state index contributed by atoms with van der Waals surface area (Å²) in [7, 11) is 0. The summed E-state index contributed by atoms with van der Waals surface area (Å²) in [4.78, 5) is 11.1. The topological polar surface area (TPSA) is 157 Å². The predicted molar refractivity (Wildman–Crippen MR) is 72.0 cm³/mol. The number of ether oxygens (including phenoxy) is 2. The highest BCUT2D eigenvalue weighted by atomic mass is 16.6. The molecule has 6 N–H and O–H groups in total. The van der Waals surface area contributed by atoms with Gasteiger partial charge in [0, 0.05) is 5.57 Å². The van der Waals surface area contributed by atoms with Gasteiger partial charge in [-0.05, 0) is 6.92 Å². The van der Waals surface area contributed by atoms with E-state index >= 15 is 0 Å². The number of esters is 1. The van der Waals surface area contributed by atoms with Crippen LogP contribution < -0.4 is 4.74 Å². The van der Waals surface area contributed by atoms with E-state index in [-0.39, 0.29) is 5.57 Å². The Balaban J connectivity index is 2.73. The van der Waals surface area contributed by atoms with Crippen LogP contribution in [0.15, 0.2) is 12.2 Å². The maximum absolute atomic E-state index is 11.1. The average molecular weight is 316 g/mol. The van der Waals surface area contributed by atoms with Crippen molar-refractivity contribution in [1.29, 1.82) is 0 Å². The molecule has 122 valence electrons. The number of carbonyl (C=O) groups is 1. The molecule has 9 heteroatoms. The van der Waals surface area contributed by atoms with Gasteiger partial charge in [0.15, 0.2) is 0 Å². The Morgan fingerprint density at radius 1 is 1.00 bits per heavy atom. The van der Waals surface area contributed by atoms with E-state index in [2.05, 4.69) is 11.3 Å². The monoisotopic (exact) mass is 316 g/mol. The maximum Gasteiger partial charge on any atom is 0.333 e. The molecule has 1 aromatic carbocycles. The zero-order valence-electron chi connectivity index (χ0n) is 11.6. The summed E-state index contributed by atoms with van der Waals surface area (Å²) in [6.07, 6.45) is -1.32. The van der Waals surface area contributed by atoms with Crippen LogP contribution in [0.2, 0.25) is 0 Å². The second kappa shape index (κ2) is 6.76. The third-order valence-corrected chi connectivity index (χ3v) is 2.50. The lowest BCUT2D eigenvalue weighted by Gasteiger charge is -2.16. The van der Waals surface area contributed by atoms with E-state index in [0.717, 1.165) is 0 Å². The largest absolute Gasteiger partial charge is 0.502 e. The first-order valence-corrected chi connectivity index (χ1v) is 5.99. The van der Waals surface area contributed by atoms with E-state index in [4.69, 9.17) is 4.74 Å². The molecule has 0 saturated heterocycles. The van der Waals surface area contributed by atoms with Gasteiger partial charge in [-0.15, -0.1) is 0 Å². The van der Waals surface area contributed by atoms with Crippen LogP contribution in [0.3, 0.4) is 0 Å². The number of aliphatic hydroxyl groups is 1. The van der Waals surface area contributed by atoms with E-state index in [1.165, 1.54) is 6.92 Å². The summed E-state index contributed by atoms with van der Waals surface area (Å²) < 4.78 is 9.49. The number of phenolic OH excluding ortho intramolecular Hbond substituents is 5. The van der Waals surface area contributed by atoms with Gasteiger partial charge in [-0.25, -0.2) is 4.79 Å². The minimum absolute atomic E-state index is 0.136. The van der Waals surface area contributed by atoms with Crippen molar-refractivity contribution in [3.05, 3.63) is 12.2 Å². The maximum atomic E-state index is 11.1. The van der Waals surface area contributed by atoms with Crippen LogP contribution in [0.1, 0.15) is 6.92 Å². The lowest BCUT2D eigenvalue weighted by molar-refractivity contribution is -0.142. The predicted octanol–water partition coefficient (Wildman–Crippen LogP) is 0.0736. The number of aromatic hydroxyl groups is 5. The summed E-state index contributed by atoms with van der Waals surface area (Å²) in [6, 6.07) is 0. The van der Waals surface area contributed by atoms with Crippen LogP contribution in [0.4, 0.5) is 0 Å². The van der Waals surface area contributed by atoms with Gasteiger partial charge >= 0.3 is 5.97 Å². The normalized spacial score (nSPS) is 11.7. The SMILES string of the molecule is C=C(C)C(=O)OCC(O)COc1c(O)c(O)c(O)c(O)c1O. The summed E-state index contributed by atoms with van der Waals surface area (Å²) in [6.45, 7) is 3.78. The molecule has 0 aromatic heterocycles. The molecule has 0 amide bonds. The van der Waals surface area contributed by atoms with E-state index in [9.17, 15) is 35.4 Å². The number of carbonyl (C=O) groups excluding carboxylic acids is 1. The number of hydrogen-bond acceptors (Lipinski definition) is 9. The van der Waals surface area contributed by atoms with Gasteiger partial charge in [-0.1, -0.05) is 6.58 Å². The van der Waals surface area contributed by atoms with Gasteiger partial charge in [0.05, 0.1) is 0 Å². The second-order valence-corrected chi connectivity index (χ2v) is 4.42. The molecular formula is C13H16O9. The molecule has 1 atom stereocenters. The Bertz CT molecular complexity index is 565. The van der Waals surface area contributed by atoms with Crippen LogP contribution in [-0.2, 0) is 9.53 Å². The van der Waals surface area contributed by atoms with Gasteiger partial charge in [-0.2, -0.15) is 0 Å². The van der Waals surface area contributed by atoms with Crippen molar-refractivity contribution in [3.8, 4) is 34.5 Å². The smallest absolute Gasteiger partial charge is 0.333 e. The molecule has 0 aliphatic heterocycles. The average Bonchev–Trinajstić information content (AvgIpc) is 2.48. The van der Waals surface area contributed by atoms with Crippen LogP contribution in [-0.4, -0.2) is 55.9 Å². The van der Waals surface area contributed by atoms with Gasteiger partial charge in [0.2, 0.25) is 34.5 Å². The lowest BCUT2D eigenvalue weighted by Crippen LogP contribution is -2.25. The molecule has 9 nitrogen and oxygen atoms in total. The first-order valence-electron chi connectivity index (χ1n) is 5.99. The van der Waals surface area contributed by atoms with Gasteiger partial charge < -0.3 is 40.1 Å². The number of benzene rings is 1. The zero-order valence-corrected chi connectivity index (χ0v) is 11.6. The fourth-order valence-corrected chi connectivity index (χ4v) is 1.32. The third kappa shape index (κ3) is 3.64. The second-order valence-electron chi connectivity index (χ2n) is 4.42. The summed E-state index contributed by atoms with van der Waals surface area (Å²) >= 11 is 0. The summed E-state index contributed by atoms with van der Waals surface area (Å²) in [5.41, 5.74) is 0.136. The molecule has 22 heavy (non-hydrogen) atoms. The summed E-state index contributed by atoms with van der Waals surface area (Å²) in [5.74, 6) is -6.86. The molecule has 1 rings (SSSR count). The molecular weight excluding hydrogens is 300 g/mol. The first-order chi connectivity index (χ1) is 10.2. The molecule has 0 aliphatic rings. The highest BCUT2D eigenvalue weighted by Crippen LogP contribution is 2.55. The fourth-order valence-electron chi connectivity index (χ4n) is 1.32. The molecule has 0 saturated carbocycles. The van der Waals surface area contributed by atoms with Crippen molar-refractivity contribution in [2.45, 2.75) is 13.0 Å². The quantitative estimate of drug-likeness (QED) is 0.185. The summed E-state index contributed by atoms with van der Waals surface area (Å²) in [5, 5.41) is 56.3. The number of hydrogen-bond donors (Lipinski definition) is 6. The Morgan fingerprint density at radius 2 is 1.45 bits per heavy atom. The standard InChI is InChI=1S/C13H16O9/c1-5(2)13(20)22-4-6(14)3-21-12-10(18)8(16)7(15)9(17)11(12)19/h6,14-19H,1,3-4H2,2H3. The van der Waals surface area contributed by atoms with Gasteiger partial charge in [0.25, 0.3) is 0 Å². The Labute approximate surface area is 124 Å². The van der Waals surface area contributed by atoms with E-state index in [1.807, 2.05) is 0 Å². The van der Waals surface area contributed by atoms with Crippen LogP contribution >= 0.6 is 0 Å². The van der Waals surface area contributed by atoms with Crippen LogP contribution in [0.25, 0.3) is 0 Å². The van der Waals surface area contributed by atoms with Crippen molar-refractivity contribution < 1.29 is 44.9 Å². The van der Waals surface area contributed by atoms with Crippen molar-refractivity contribution in [2.24, 2.45) is 0 Å². The zero-order chi connectivity index (χ0) is 17.0. The van der Waals surface area contributed by atoms with Crippen LogP contribution in [0.5, 0.6) is 34.5 Å². The van der Waals surface area contributed by atoms with Crippen molar-refractivity contribution in [3.63, 3.8) is 0 Å². The van der Waals surface area contributed by atoms with E-state index in [1.54, 1.807) is 0 Å². The first kappa shape index (κ1) is 17.2. The fraction of sp³-hybridized carbons (Fsp3) is 0.308. The Kier molecular flexibility index (Phi) is 5.30. The third-order valence-electron chi connectivity index (χ3n) is 2.50. The number of aliphatic hydroxyl groups excluding tert-OH is 1. The molecule has 0 bridgehead atoms. The molecule has 0 heterocycles. The number of rotatable bonds is 6. The molecule has 1 unspecified atom stereocenters. The Hall–Kier alpha value is -2.81. The van der Waals surface area contributed by atoms with Crippen molar-refractivity contribution in [1.82, 2.24) is 0 Å². The van der Waals surface area contributed by atoms with Crippen molar-refractivity contribution >= 4 is 5.97 Å². The molecule has 0 radical (unpaired) electrons. The van der Waals surface area contributed by atoms with E-state index < -0.39 is 59.8 Å². The Morgan fingerprint density at radius 3 is 1.91 bits per heavy atom. The van der Waals surface area contributed by atoms with E-state index in [0.29, 0.717) is 0 Å². The minimum atomic E-state index is -1.32. The molecule has 0 spiro atoms. The lowest BCUT2D eigenvalue weighted by atomic mass is 10.2. The van der Waals surface area contributed by atoms with Gasteiger partial charge in [0.1, 0.15) is 19.3 Å². The molecule has 1 aromatic rings. The van der Waals surface area contributed by atoms with Crippen LogP contribution in [0, 0.1) is 0 Å². The molecule has 0 fully saturated rings. The number of phenols is 5. The highest BCUT2D eigenvalue weighted by molar-refractivity contribution is 5.86. The highest BCUT2D eigenvalue weighted by Gasteiger charge is 2.25. The van der Waals surface area contributed by atoms with Gasteiger partial charge in [-0.3, -0.25) is 0 Å². The van der Waals surface area contributed by atoms with Crippen molar-refractivity contribution in [2.75, 3.05) is 13.2 Å². The minimum Gasteiger partial charge on any atom is -0.502 e. The molecule has 0 aliphatic carbocycles.